The zero-order chi connectivity index (χ0) is 14.6. The lowest BCUT2D eigenvalue weighted by atomic mass is 10.1. The Bertz CT molecular complexity index is 563. The van der Waals surface area contributed by atoms with Crippen LogP contribution in [0.25, 0.3) is 10.9 Å². The van der Waals surface area contributed by atoms with Crippen LogP contribution in [0, 0.1) is 0 Å². The Kier molecular flexibility index (Phi) is 6.51. The largest absolute Gasteiger partial charge is 0.357 e. The quantitative estimate of drug-likeness (QED) is 0.419. The molecular weight excluding hydrogens is 375 g/mol. The summed E-state index contributed by atoms with van der Waals surface area (Å²) in [6.07, 6.45) is 0. The van der Waals surface area contributed by atoms with Crippen molar-refractivity contribution in [1.82, 2.24) is 15.6 Å². The average molecular weight is 400 g/mol. The third-order valence-electron chi connectivity index (χ3n) is 2.83. The number of rotatable bonds is 3. The highest BCUT2D eigenvalue weighted by Gasteiger charge is 2.11. The summed E-state index contributed by atoms with van der Waals surface area (Å²) in [5, 5.41) is 7.88. The van der Waals surface area contributed by atoms with Gasteiger partial charge in [-0.1, -0.05) is 18.2 Å². The molecule has 0 atom stereocenters. The van der Waals surface area contributed by atoms with Gasteiger partial charge in [0.05, 0.1) is 6.54 Å². The minimum absolute atomic E-state index is 0. The molecule has 5 heteroatoms. The molecule has 1 aromatic carbocycles. The van der Waals surface area contributed by atoms with Crippen molar-refractivity contribution in [3.05, 3.63) is 36.0 Å². The van der Waals surface area contributed by atoms with Crippen LogP contribution in [0.15, 0.2) is 35.3 Å². The van der Waals surface area contributed by atoms with Crippen molar-refractivity contribution in [2.75, 3.05) is 6.54 Å². The van der Waals surface area contributed by atoms with E-state index >= 15 is 0 Å². The number of nitrogens with one attached hydrogen (secondary N) is 3. The minimum Gasteiger partial charge on any atom is -0.357 e. The summed E-state index contributed by atoms with van der Waals surface area (Å²) in [5.74, 6) is 0.846. The Labute approximate surface area is 143 Å². The number of benzene rings is 1. The highest BCUT2D eigenvalue weighted by molar-refractivity contribution is 14.0. The van der Waals surface area contributed by atoms with Gasteiger partial charge in [0.2, 0.25) is 0 Å². The van der Waals surface area contributed by atoms with Crippen LogP contribution in [0.5, 0.6) is 0 Å². The average Bonchev–Trinajstić information content (AvgIpc) is 2.77. The lowest BCUT2D eigenvalue weighted by molar-refractivity contribution is 0.501. The van der Waals surface area contributed by atoms with Gasteiger partial charge in [-0.2, -0.15) is 0 Å². The molecule has 0 aliphatic heterocycles. The number of para-hydroxylation sites is 1. The van der Waals surface area contributed by atoms with E-state index in [0.29, 0.717) is 6.54 Å². The molecule has 0 spiro atoms. The fraction of sp³-hybridized carbons (Fsp3) is 0.438. The molecule has 3 N–H and O–H groups in total. The summed E-state index contributed by atoms with van der Waals surface area (Å²) in [6.45, 7) is 9.95. The third kappa shape index (κ3) is 5.57. The van der Waals surface area contributed by atoms with Gasteiger partial charge in [-0.3, -0.25) is 0 Å². The van der Waals surface area contributed by atoms with Gasteiger partial charge < -0.3 is 15.6 Å². The number of H-pyrrole nitrogens is 1. The zero-order valence-electron chi connectivity index (χ0n) is 13.2. The van der Waals surface area contributed by atoms with Gasteiger partial charge in [-0.15, -0.1) is 24.0 Å². The lowest BCUT2D eigenvalue weighted by Gasteiger charge is -2.23. The molecule has 0 unspecified atom stereocenters. The van der Waals surface area contributed by atoms with Crippen LogP contribution >= 0.6 is 24.0 Å². The number of fused-ring (bicyclic) bond motifs is 1. The van der Waals surface area contributed by atoms with Crippen LogP contribution < -0.4 is 10.6 Å². The number of hydrogen-bond acceptors (Lipinski definition) is 1. The zero-order valence-corrected chi connectivity index (χ0v) is 15.5. The Morgan fingerprint density at radius 3 is 2.57 bits per heavy atom. The minimum atomic E-state index is 0. The van der Waals surface area contributed by atoms with Crippen molar-refractivity contribution in [2.24, 2.45) is 4.99 Å². The second-order valence-corrected chi connectivity index (χ2v) is 5.95. The van der Waals surface area contributed by atoms with E-state index in [9.17, 15) is 0 Å². The second-order valence-electron chi connectivity index (χ2n) is 5.95. The van der Waals surface area contributed by atoms with Crippen LogP contribution in [0.1, 0.15) is 33.4 Å². The van der Waals surface area contributed by atoms with Crippen molar-refractivity contribution < 1.29 is 0 Å². The Morgan fingerprint density at radius 2 is 1.95 bits per heavy atom. The molecule has 0 aliphatic carbocycles. The van der Waals surface area contributed by atoms with Gasteiger partial charge in [-0.25, -0.2) is 4.99 Å². The fourth-order valence-corrected chi connectivity index (χ4v) is 2.05. The molecule has 2 aromatic rings. The molecule has 1 aromatic heterocycles. The van der Waals surface area contributed by atoms with Gasteiger partial charge in [0.1, 0.15) is 0 Å². The second kappa shape index (κ2) is 7.68. The third-order valence-corrected chi connectivity index (χ3v) is 2.83. The topological polar surface area (TPSA) is 52.2 Å². The number of aromatic nitrogens is 1. The van der Waals surface area contributed by atoms with Crippen molar-refractivity contribution in [1.29, 1.82) is 0 Å². The van der Waals surface area contributed by atoms with E-state index in [2.05, 4.69) is 72.6 Å². The van der Waals surface area contributed by atoms with Crippen molar-refractivity contribution >= 4 is 40.8 Å². The Balaban J connectivity index is 0.00000220. The molecule has 0 aliphatic rings. The summed E-state index contributed by atoms with van der Waals surface area (Å²) in [6, 6.07) is 10.4. The molecule has 0 bridgehead atoms. The molecule has 0 fully saturated rings. The summed E-state index contributed by atoms with van der Waals surface area (Å²) < 4.78 is 0. The van der Waals surface area contributed by atoms with Gasteiger partial charge in [0.25, 0.3) is 0 Å². The maximum absolute atomic E-state index is 4.63. The first-order valence-electron chi connectivity index (χ1n) is 7.11. The van der Waals surface area contributed by atoms with Gasteiger partial charge in [0, 0.05) is 23.3 Å². The van der Waals surface area contributed by atoms with E-state index in [-0.39, 0.29) is 29.5 Å². The molecule has 116 valence electrons. The number of aromatic amines is 1. The van der Waals surface area contributed by atoms with Crippen molar-refractivity contribution in [2.45, 2.75) is 39.8 Å². The van der Waals surface area contributed by atoms with Gasteiger partial charge in [0.15, 0.2) is 5.96 Å². The molecule has 21 heavy (non-hydrogen) atoms. The van der Waals surface area contributed by atoms with Gasteiger partial charge in [-0.05, 0) is 45.2 Å². The van der Waals surface area contributed by atoms with Crippen molar-refractivity contribution in [3.8, 4) is 0 Å². The Hall–Kier alpha value is -1.24. The number of guanidine groups is 1. The standard InChI is InChI=1S/C16H24N4.HI/c1-5-17-15(20-16(2,3)4)18-11-13-10-12-8-6-7-9-14(12)19-13;/h6-10,19H,5,11H2,1-4H3,(H2,17,18,20);1H. The maximum atomic E-state index is 4.63. The van der Waals surface area contributed by atoms with Crippen molar-refractivity contribution in [3.63, 3.8) is 0 Å². The van der Waals surface area contributed by atoms with E-state index in [0.717, 1.165) is 23.7 Å². The van der Waals surface area contributed by atoms with E-state index in [1.807, 2.05) is 6.07 Å². The maximum Gasteiger partial charge on any atom is 0.192 e. The molecule has 0 radical (unpaired) electrons. The molecule has 4 nitrogen and oxygen atoms in total. The molecular formula is C16H25IN4. The van der Waals surface area contributed by atoms with E-state index in [1.54, 1.807) is 0 Å². The first-order chi connectivity index (χ1) is 9.48. The highest BCUT2D eigenvalue weighted by atomic mass is 127. The number of hydrogen-bond donors (Lipinski definition) is 3. The smallest absolute Gasteiger partial charge is 0.192 e. The van der Waals surface area contributed by atoms with Crippen LogP contribution in [0.2, 0.25) is 0 Å². The van der Waals surface area contributed by atoms with E-state index in [1.165, 1.54) is 5.39 Å². The number of nitrogens with zero attached hydrogens (tertiary/aromatic N) is 1. The summed E-state index contributed by atoms with van der Waals surface area (Å²) in [7, 11) is 0. The predicted octanol–water partition coefficient (Wildman–Crippen LogP) is 3.64. The Morgan fingerprint density at radius 1 is 1.24 bits per heavy atom. The number of halogens is 1. The van der Waals surface area contributed by atoms with E-state index in [4.69, 9.17) is 0 Å². The van der Waals surface area contributed by atoms with Crippen LogP contribution in [0.4, 0.5) is 0 Å². The first kappa shape index (κ1) is 17.8. The van der Waals surface area contributed by atoms with Crippen LogP contribution in [-0.4, -0.2) is 23.0 Å². The summed E-state index contributed by atoms with van der Waals surface area (Å²) >= 11 is 0. The number of aliphatic imine (C=N–C) groups is 1. The molecule has 0 saturated heterocycles. The lowest BCUT2D eigenvalue weighted by Crippen LogP contribution is -2.47. The summed E-state index contributed by atoms with van der Waals surface area (Å²) in [5.41, 5.74) is 2.28. The first-order valence-corrected chi connectivity index (χ1v) is 7.11. The van der Waals surface area contributed by atoms with Crippen LogP contribution in [0.3, 0.4) is 0 Å². The summed E-state index contributed by atoms with van der Waals surface area (Å²) in [4.78, 5) is 8.02. The van der Waals surface area contributed by atoms with Crippen LogP contribution in [-0.2, 0) is 6.54 Å². The molecule has 0 amide bonds. The normalized spacial score (nSPS) is 12.1. The molecule has 2 rings (SSSR count). The molecule has 0 saturated carbocycles. The fourth-order valence-electron chi connectivity index (χ4n) is 2.05. The van der Waals surface area contributed by atoms with Gasteiger partial charge >= 0.3 is 0 Å². The van der Waals surface area contributed by atoms with E-state index < -0.39 is 0 Å². The predicted molar refractivity (Wildman–Crippen MR) is 101 cm³/mol. The molecule has 1 heterocycles. The SMILES string of the molecule is CCNC(=NCc1cc2ccccc2[nH]1)NC(C)(C)C.I. The highest BCUT2D eigenvalue weighted by Crippen LogP contribution is 2.15. The monoisotopic (exact) mass is 400 g/mol.